The first-order valence-corrected chi connectivity index (χ1v) is 4.47. The van der Waals surface area contributed by atoms with Gasteiger partial charge < -0.3 is 4.74 Å². The first kappa shape index (κ1) is 9.77. The van der Waals surface area contributed by atoms with Crippen molar-refractivity contribution < 1.29 is 4.74 Å². The van der Waals surface area contributed by atoms with Crippen LogP contribution in [0.2, 0.25) is 0 Å². The quantitative estimate of drug-likeness (QED) is 0.572. The molecule has 1 aromatic heterocycles. The van der Waals surface area contributed by atoms with Crippen LogP contribution in [0.1, 0.15) is 26.2 Å². The predicted octanol–water partition coefficient (Wildman–Crippen LogP) is 2.28. The number of methoxy groups -OCH3 is 1. The van der Waals surface area contributed by atoms with Gasteiger partial charge in [0.2, 0.25) is 0 Å². The number of aliphatic imine (C=N–C) groups is 1. The van der Waals surface area contributed by atoms with Crippen LogP contribution in [-0.4, -0.2) is 23.2 Å². The van der Waals surface area contributed by atoms with E-state index in [0.717, 1.165) is 31.0 Å². The van der Waals surface area contributed by atoms with Gasteiger partial charge in [0.1, 0.15) is 0 Å². The molecule has 72 valence electrons. The van der Waals surface area contributed by atoms with Crippen LogP contribution in [0, 0.1) is 0 Å². The average molecular weight is 181 g/mol. The third kappa shape index (κ3) is 3.27. The molecule has 0 amide bonds. The maximum atomic E-state index is 5.13. The largest absolute Gasteiger partial charge is 0.484 e. The zero-order valence-electron chi connectivity index (χ0n) is 8.08. The van der Waals surface area contributed by atoms with Crippen molar-refractivity contribution in [2.24, 2.45) is 4.99 Å². The number of ether oxygens (including phenoxy) is 1. The molecule has 1 aromatic rings. The van der Waals surface area contributed by atoms with E-state index in [-0.39, 0.29) is 0 Å². The lowest BCUT2D eigenvalue weighted by molar-refractivity contribution is 0.388. The smallest absolute Gasteiger partial charge is 0.189 e. The molecule has 0 fully saturated rings. The number of nitrogens with zero attached hydrogens (tertiary/aromatic N) is 2. The van der Waals surface area contributed by atoms with Gasteiger partial charge >= 0.3 is 0 Å². The second-order valence-electron chi connectivity index (χ2n) is 2.76. The van der Waals surface area contributed by atoms with Gasteiger partial charge in [-0.25, -0.2) is 0 Å². The van der Waals surface area contributed by atoms with Crippen LogP contribution in [0.3, 0.4) is 0 Å². The first-order valence-electron chi connectivity index (χ1n) is 4.47. The second kappa shape index (κ2) is 5.35. The highest BCUT2D eigenvalue weighted by Crippen LogP contribution is 2.08. The Morgan fingerprint density at radius 3 is 3.08 bits per heavy atom. The van der Waals surface area contributed by atoms with Crippen LogP contribution < -0.4 is 0 Å². The highest BCUT2D eigenvalue weighted by molar-refractivity contribution is 5.78. The van der Waals surface area contributed by atoms with Crippen LogP contribution in [0.25, 0.3) is 0 Å². The Hall–Kier alpha value is -1.32. The minimum absolute atomic E-state index is 0.743. The van der Waals surface area contributed by atoms with Crippen molar-refractivity contribution in [3.8, 4) is 0 Å². The molecule has 0 spiro atoms. The Bertz CT molecular complexity index is 254. The topological polar surface area (TPSA) is 50.3 Å². The Kier molecular flexibility index (Phi) is 4.02. The molecular weight excluding hydrogens is 166 g/mol. The van der Waals surface area contributed by atoms with E-state index in [2.05, 4.69) is 22.1 Å². The van der Waals surface area contributed by atoms with Crippen LogP contribution in [0.4, 0.5) is 5.82 Å². The van der Waals surface area contributed by atoms with Crippen molar-refractivity contribution in [3.63, 3.8) is 0 Å². The van der Waals surface area contributed by atoms with E-state index in [0.29, 0.717) is 0 Å². The summed E-state index contributed by atoms with van der Waals surface area (Å²) in [6.07, 6.45) is 4.80. The van der Waals surface area contributed by atoms with Crippen molar-refractivity contribution in [2.45, 2.75) is 26.2 Å². The van der Waals surface area contributed by atoms with Gasteiger partial charge in [0, 0.05) is 12.5 Å². The predicted molar refractivity (Wildman–Crippen MR) is 52.2 cm³/mol. The zero-order chi connectivity index (χ0) is 9.52. The summed E-state index contributed by atoms with van der Waals surface area (Å²) in [7, 11) is 1.64. The molecule has 1 heterocycles. The minimum atomic E-state index is 0.743. The fourth-order valence-corrected chi connectivity index (χ4v) is 0.977. The molecule has 0 aliphatic heterocycles. The lowest BCUT2D eigenvalue weighted by Crippen LogP contribution is -2.00. The summed E-state index contributed by atoms with van der Waals surface area (Å²) in [6.45, 7) is 2.14. The highest BCUT2D eigenvalue weighted by atomic mass is 16.5. The number of hydrogen-bond donors (Lipinski definition) is 1. The summed E-state index contributed by atoms with van der Waals surface area (Å²) in [5, 5.41) is 6.56. The maximum Gasteiger partial charge on any atom is 0.189 e. The molecule has 0 aliphatic rings. The summed E-state index contributed by atoms with van der Waals surface area (Å²) in [5.41, 5.74) is 0. The number of unbranched alkanes of at least 4 members (excludes halogenated alkanes) is 1. The zero-order valence-corrected chi connectivity index (χ0v) is 8.08. The highest BCUT2D eigenvalue weighted by Gasteiger charge is 1.98. The van der Waals surface area contributed by atoms with Crippen molar-refractivity contribution in [2.75, 3.05) is 7.11 Å². The molecule has 1 rings (SSSR count). The molecule has 1 N–H and O–H groups in total. The van der Waals surface area contributed by atoms with Crippen molar-refractivity contribution >= 4 is 11.7 Å². The number of H-pyrrole nitrogens is 1. The minimum Gasteiger partial charge on any atom is -0.484 e. The summed E-state index contributed by atoms with van der Waals surface area (Å²) < 4.78 is 5.13. The van der Waals surface area contributed by atoms with Crippen LogP contribution >= 0.6 is 0 Å². The Labute approximate surface area is 78.0 Å². The van der Waals surface area contributed by atoms with E-state index in [4.69, 9.17) is 4.74 Å². The molecule has 0 bridgehead atoms. The van der Waals surface area contributed by atoms with Gasteiger partial charge in [-0.3, -0.25) is 5.10 Å². The summed E-state index contributed by atoms with van der Waals surface area (Å²) >= 11 is 0. The van der Waals surface area contributed by atoms with Gasteiger partial charge in [0.25, 0.3) is 0 Å². The van der Waals surface area contributed by atoms with Gasteiger partial charge in [0.15, 0.2) is 11.7 Å². The second-order valence-corrected chi connectivity index (χ2v) is 2.76. The normalized spacial score (nSPS) is 11.7. The monoisotopic (exact) mass is 181 g/mol. The number of hydrogen-bond acceptors (Lipinski definition) is 3. The van der Waals surface area contributed by atoms with Crippen molar-refractivity contribution in [3.05, 3.63) is 12.3 Å². The maximum absolute atomic E-state index is 5.13. The lowest BCUT2D eigenvalue weighted by atomic mass is 10.2. The molecule has 0 unspecified atom stereocenters. The van der Waals surface area contributed by atoms with E-state index in [1.54, 1.807) is 13.3 Å². The molecule has 4 heteroatoms. The van der Waals surface area contributed by atoms with Gasteiger partial charge in [-0.2, -0.15) is 10.1 Å². The molecule has 0 saturated carbocycles. The third-order valence-corrected chi connectivity index (χ3v) is 1.71. The van der Waals surface area contributed by atoms with E-state index in [9.17, 15) is 0 Å². The lowest BCUT2D eigenvalue weighted by Gasteiger charge is -2.02. The van der Waals surface area contributed by atoms with E-state index in [1.165, 1.54) is 0 Å². The van der Waals surface area contributed by atoms with Crippen molar-refractivity contribution in [1.82, 2.24) is 10.2 Å². The Morgan fingerprint density at radius 2 is 2.54 bits per heavy atom. The molecule has 0 atom stereocenters. The Balaban J connectivity index is 2.55. The Morgan fingerprint density at radius 1 is 1.69 bits per heavy atom. The van der Waals surface area contributed by atoms with Gasteiger partial charge in [-0.15, -0.1) is 0 Å². The molecule has 0 saturated heterocycles. The van der Waals surface area contributed by atoms with E-state index < -0.39 is 0 Å². The summed E-state index contributed by atoms with van der Waals surface area (Å²) in [6, 6.07) is 1.81. The first-order chi connectivity index (χ1) is 6.36. The summed E-state index contributed by atoms with van der Waals surface area (Å²) in [4.78, 5) is 4.25. The van der Waals surface area contributed by atoms with E-state index >= 15 is 0 Å². The van der Waals surface area contributed by atoms with Crippen molar-refractivity contribution in [1.29, 1.82) is 0 Å². The third-order valence-electron chi connectivity index (χ3n) is 1.71. The SMILES string of the molecule is CCCCC(=Nc1ccn[nH]1)OC. The molecular formula is C9H15N3O. The number of aromatic amines is 1. The van der Waals surface area contributed by atoms with Gasteiger partial charge in [-0.05, 0) is 6.42 Å². The number of rotatable bonds is 4. The van der Waals surface area contributed by atoms with Crippen LogP contribution in [-0.2, 0) is 4.74 Å². The van der Waals surface area contributed by atoms with E-state index in [1.807, 2.05) is 6.07 Å². The molecule has 4 nitrogen and oxygen atoms in total. The van der Waals surface area contributed by atoms with Gasteiger partial charge in [-0.1, -0.05) is 13.3 Å². The number of nitrogens with one attached hydrogen (secondary N) is 1. The van der Waals surface area contributed by atoms with Crippen LogP contribution in [0.5, 0.6) is 0 Å². The van der Waals surface area contributed by atoms with Crippen LogP contribution in [0.15, 0.2) is 17.3 Å². The molecule has 13 heavy (non-hydrogen) atoms. The molecule has 0 aromatic carbocycles. The summed E-state index contributed by atoms with van der Waals surface area (Å²) in [5.74, 6) is 1.50. The van der Waals surface area contributed by atoms with Gasteiger partial charge in [0.05, 0.1) is 13.3 Å². The fourth-order valence-electron chi connectivity index (χ4n) is 0.977. The molecule has 0 aliphatic carbocycles. The fraction of sp³-hybridized carbons (Fsp3) is 0.556. The molecule has 0 radical (unpaired) electrons. The standard InChI is InChI=1S/C9H15N3O/c1-3-4-5-9(13-2)11-8-6-7-10-12-8/h6-7H,3-5H2,1-2H3,(H,10,12). The average Bonchev–Trinajstić information content (AvgIpc) is 2.64. The number of aromatic nitrogens is 2.